The summed E-state index contributed by atoms with van der Waals surface area (Å²) in [5, 5.41) is 29.1. The standard InChI is InChI=1S/C42H55N3O4.C4H8O/c1-28(2)13-11-15-30(5)21-22-34(31(6)16-12-14-29(3)4)27-49-42(48)33-25-23-32(24-26-33)39-43-40(35-17-7-9-19-37(35)46)45-41(44-39)36-18-8-10-20-38(36)47;1-2-3-4-5/h7-10,17-20,23-26,28-31,34,46-47H,11-16,21-22,27H2,1-6H3;2-3,5H,4H2,1H3/b;3-2-. The number of aromatic nitrogens is 3. The minimum atomic E-state index is -0.337. The van der Waals surface area contributed by atoms with E-state index in [4.69, 9.17) is 9.84 Å². The monoisotopic (exact) mass is 737 g/mol. The fourth-order valence-electron chi connectivity index (χ4n) is 6.33. The van der Waals surface area contributed by atoms with Gasteiger partial charge in [0.25, 0.3) is 0 Å². The molecule has 0 bridgehead atoms. The number of nitrogens with zero attached hydrogens (tertiary/aromatic N) is 3. The smallest absolute Gasteiger partial charge is 0.338 e. The van der Waals surface area contributed by atoms with Crippen molar-refractivity contribution in [1.82, 2.24) is 15.0 Å². The molecular weight excluding hydrogens is 675 g/mol. The number of phenols is 2. The van der Waals surface area contributed by atoms with E-state index in [-0.39, 0.29) is 35.7 Å². The summed E-state index contributed by atoms with van der Waals surface area (Å²) >= 11 is 0. The molecule has 3 aromatic carbocycles. The third-order valence-corrected chi connectivity index (χ3v) is 9.83. The minimum Gasteiger partial charge on any atom is -0.507 e. The molecule has 0 spiro atoms. The van der Waals surface area contributed by atoms with E-state index in [9.17, 15) is 15.0 Å². The first kappa shape index (κ1) is 43.8. The lowest BCUT2D eigenvalue weighted by molar-refractivity contribution is 0.0375. The van der Waals surface area contributed by atoms with Crippen molar-refractivity contribution in [3.05, 3.63) is 90.5 Å². The molecule has 4 rings (SSSR count). The maximum atomic E-state index is 13.3. The van der Waals surface area contributed by atoms with Crippen molar-refractivity contribution >= 4 is 5.97 Å². The van der Waals surface area contributed by atoms with Crippen LogP contribution in [0.2, 0.25) is 0 Å². The third kappa shape index (κ3) is 14.7. The number of benzene rings is 3. The maximum absolute atomic E-state index is 13.3. The Labute approximate surface area is 323 Å². The van der Waals surface area contributed by atoms with Crippen LogP contribution in [0.15, 0.2) is 84.9 Å². The second-order valence-electron chi connectivity index (χ2n) is 15.3. The van der Waals surface area contributed by atoms with Crippen molar-refractivity contribution in [3.63, 3.8) is 0 Å². The Kier molecular flexibility index (Phi) is 18.9. The molecular formula is C46H63N3O5. The highest BCUT2D eigenvalue weighted by molar-refractivity contribution is 5.90. The van der Waals surface area contributed by atoms with Crippen molar-refractivity contribution in [2.75, 3.05) is 13.2 Å². The predicted molar refractivity (Wildman–Crippen MR) is 220 cm³/mol. The van der Waals surface area contributed by atoms with Gasteiger partial charge in [-0.15, -0.1) is 0 Å². The number of rotatable bonds is 19. The Hall–Kier alpha value is -4.56. The highest BCUT2D eigenvalue weighted by atomic mass is 16.5. The number of phenolic OH excluding ortho intramolecular Hbond substituents is 2. The minimum absolute atomic E-state index is 0.0362. The van der Waals surface area contributed by atoms with Gasteiger partial charge in [-0.1, -0.05) is 135 Å². The lowest BCUT2D eigenvalue weighted by Gasteiger charge is -2.25. The van der Waals surface area contributed by atoms with E-state index < -0.39 is 0 Å². The SMILES string of the molecule is C/C=C\CO.CC(C)CCCC(C)CCC(COC(=O)c1ccc(-c2nc(-c3ccccc3O)nc(-c3ccccc3O)n2)cc1)C(C)CCCC(C)C. The summed E-state index contributed by atoms with van der Waals surface area (Å²) in [6, 6.07) is 20.7. The maximum Gasteiger partial charge on any atom is 0.338 e. The average Bonchev–Trinajstić information content (AvgIpc) is 3.15. The molecule has 1 heterocycles. The Morgan fingerprint density at radius 3 is 1.67 bits per heavy atom. The number of allylic oxidation sites excluding steroid dienone is 1. The van der Waals surface area contributed by atoms with Gasteiger partial charge < -0.3 is 20.1 Å². The first-order valence-electron chi connectivity index (χ1n) is 19.8. The topological polar surface area (TPSA) is 126 Å². The number of carbonyl (C=O) groups is 1. The number of aliphatic hydroxyl groups is 1. The van der Waals surface area contributed by atoms with Crippen LogP contribution in [0.4, 0.5) is 0 Å². The Balaban J connectivity index is 0.00000147. The van der Waals surface area contributed by atoms with Crippen LogP contribution >= 0.6 is 0 Å². The summed E-state index contributed by atoms with van der Waals surface area (Å²) in [6.07, 6.45) is 13.1. The Bertz CT molecular complexity index is 1660. The normalized spacial score (nSPS) is 13.1. The lowest BCUT2D eigenvalue weighted by atomic mass is 9.83. The van der Waals surface area contributed by atoms with Crippen molar-refractivity contribution < 1.29 is 24.9 Å². The number of hydrogen-bond donors (Lipinski definition) is 3. The molecule has 0 amide bonds. The molecule has 0 saturated heterocycles. The van der Waals surface area contributed by atoms with Crippen LogP contribution in [0.1, 0.15) is 110 Å². The van der Waals surface area contributed by atoms with E-state index in [0.29, 0.717) is 58.4 Å². The molecule has 0 aliphatic carbocycles. The third-order valence-electron chi connectivity index (χ3n) is 9.83. The van der Waals surface area contributed by atoms with Crippen LogP contribution in [-0.2, 0) is 4.74 Å². The van der Waals surface area contributed by atoms with Gasteiger partial charge in [-0.2, -0.15) is 0 Å². The van der Waals surface area contributed by atoms with Gasteiger partial charge in [0.15, 0.2) is 17.5 Å². The molecule has 0 fully saturated rings. The van der Waals surface area contributed by atoms with E-state index >= 15 is 0 Å². The van der Waals surface area contributed by atoms with E-state index in [2.05, 4.69) is 56.5 Å². The zero-order valence-corrected chi connectivity index (χ0v) is 33.5. The van der Waals surface area contributed by atoms with Gasteiger partial charge in [0.05, 0.1) is 29.9 Å². The van der Waals surface area contributed by atoms with Gasteiger partial charge in [-0.3, -0.25) is 0 Å². The van der Waals surface area contributed by atoms with Crippen molar-refractivity contribution in [1.29, 1.82) is 0 Å². The summed E-state index contributed by atoms with van der Waals surface area (Å²) in [5.41, 5.74) is 2.02. The average molecular weight is 738 g/mol. The number of hydrogen-bond acceptors (Lipinski definition) is 8. The van der Waals surface area contributed by atoms with Gasteiger partial charge in [0.2, 0.25) is 0 Å². The highest BCUT2D eigenvalue weighted by Crippen LogP contribution is 2.33. The van der Waals surface area contributed by atoms with Crippen molar-refractivity contribution in [3.8, 4) is 45.7 Å². The Morgan fingerprint density at radius 1 is 0.667 bits per heavy atom. The van der Waals surface area contributed by atoms with E-state index in [0.717, 1.165) is 25.2 Å². The van der Waals surface area contributed by atoms with Crippen LogP contribution < -0.4 is 0 Å². The summed E-state index contributed by atoms with van der Waals surface area (Å²) in [5.74, 6) is 3.55. The predicted octanol–water partition coefficient (Wildman–Crippen LogP) is 11.3. The van der Waals surface area contributed by atoms with Gasteiger partial charge >= 0.3 is 5.97 Å². The van der Waals surface area contributed by atoms with Crippen LogP contribution in [0.25, 0.3) is 34.2 Å². The first-order chi connectivity index (χ1) is 25.9. The summed E-state index contributed by atoms with van der Waals surface area (Å²) < 4.78 is 5.97. The molecule has 4 aromatic rings. The van der Waals surface area contributed by atoms with Crippen LogP contribution in [0.3, 0.4) is 0 Å². The zero-order valence-electron chi connectivity index (χ0n) is 33.5. The number of esters is 1. The molecule has 54 heavy (non-hydrogen) atoms. The quantitative estimate of drug-likeness (QED) is 0.0641. The van der Waals surface area contributed by atoms with Gasteiger partial charge in [-0.25, -0.2) is 19.7 Å². The lowest BCUT2D eigenvalue weighted by Crippen LogP contribution is -2.21. The number of aliphatic hydroxyl groups excluding tert-OH is 1. The molecule has 0 aliphatic rings. The largest absolute Gasteiger partial charge is 0.507 e. The highest BCUT2D eigenvalue weighted by Gasteiger charge is 2.22. The zero-order chi connectivity index (χ0) is 39.5. The van der Waals surface area contributed by atoms with Gasteiger partial charge in [0, 0.05) is 5.56 Å². The molecule has 1 aromatic heterocycles. The fourth-order valence-corrected chi connectivity index (χ4v) is 6.33. The van der Waals surface area contributed by atoms with Crippen LogP contribution in [0.5, 0.6) is 11.5 Å². The summed E-state index contributed by atoms with van der Waals surface area (Å²) in [6.45, 7) is 16.3. The number of carbonyl (C=O) groups excluding carboxylic acids is 1. The van der Waals surface area contributed by atoms with Crippen LogP contribution in [-0.4, -0.2) is 49.5 Å². The molecule has 8 nitrogen and oxygen atoms in total. The van der Waals surface area contributed by atoms with Crippen molar-refractivity contribution in [2.24, 2.45) is 29.6 Å². The number of para-hydroxylation sites is 2. The fraction of sp³-hybridized carbons (Fsp3) is 0.478. The second kappa shape index (κ2) is 23.3. The first-order valence-corrected chi connectivity index (χ1v) is 19.8. The molecule has 0 radical (unpaired) electrons. The van der Waals surface area contributed by atoms with E-state index in [1.54, 1.807) is 84.9 Å². The number of ether oxygens (including phenoxy) is 1. The molecule has 0 aliphatic heterocycles. The molecule has 0 saturated carbocycles. The second-order valence-corrected chi connectivity index (χ2v) is 15.3. The van der Waals surface area contributed by atoms with Crippen LogP contribution in [0, 0.1) is 29.6 Å². The summed E-state index contributed by atoms with van der Waals surface area (Å²) in [7, 11) is 0. The van der Waals surface area contributed by atoms with Gasteiger partial charge in [-0.05, 0) is 79.3 Å². The Morgan fingerprint density at radius 2 is 1.19 bits per heavy atom. The van der Waals surface area contributed by atoms with Gasteiger partial charge in [0.1, 0.15) is 11.5 Å². The van der Waals surface area contributed by atoms with E-state index in [1.807, 2.05) is 6.92 Å². The number of aromatic hydroxyl groups is 2. The molecule has 3 atom stereocenters. The van der Waals surface area contributed by atoms with E-state index in [1.165, 1.54) is 32.1 Å². The van der Waals surface area contributed by atoms with Crippen molar-refractivity contribution in [2.45, 2.75) is 99.8 Å². The summed E-state index contributed by atoms with van der Waals surface area (Å²) in [4.78, 5) is 27.2. The molecule has 8 heteroatoms. The molecule has 292 valence electrons. The molecule has 3 N–H and O–H groups in total. The molecule has 3 unspecified atom stereocenters.